The second kappa shape index (κ2) is 19.7. The van der Waals surface area contributed by atoms with Gasteiger partial charge in [0.1, 0.15) is 36.8 Å². The molecule has 1 aliphatic heterocycles. The molecule has 4 bridgehead atoms. The van der Waals surface area contributed by atoms with Gasteiger partial charge in [0.15, 0.2) is 0 Å². The molecule has 1 aliphatic rings. The van der Waals surface area contributed by atoms with E-state index in [1.54, 1.807) is 60.2 Å². The number of nitrogens with one attached hydrogen (secondary N) is 5. The fraction of sp³-hybridized carbons (Fsp3) is 0.368. The Balaban J connectivity index is 1.77. The highest BCUT2D eigenvalue weighted by atomic mass is 32.2. The minimum Gasteiger partial charge on any atom is -0.492 e. The minimum absolute atomic E-state index is 0.115. The predicted molar refractivity (Wildman–Crippen MR) is 209 cm³/mol. The molecule has 0 unspecified atom stereocenters. The van der Waals surface area contributed by atoms with Gasteiger partial charge in [0.05, 0.1) is 25.9 Å². The van der Waals surface area contributed by atoms with Crippen molar-refractivity contribution < 1.29 is 46.7 Å². The lowest BCUT2D eigenvalue weighted by Crippen LogP contribution is -2.53. The Bertz CT molecular complexity index is 2130. The minimum atomic E-state index is -3.90. The molecule has 3 aromatic rings. The highest BCUT2D eigenvalue weighted by Gasteiger charge is 2.32. The van der Waals surface area contributed by atoms with Crippen LogP contribution in [0.15, 0.2) is 54.6 Å². The number of nitrogens with two attached hydrogens (primary N) is 2. The van der Waals surface area contributed by atoms with E-state index < -0.39 is 77.2 Å². The number of hydrogen-bond donors (Lipinski definition) is 7. The first-order chi connectivity index (χ1) is 27.0. The third kappa shape index (κ3) is 12.2. The van der Waals surface area contributed by atoms with Crippen LogP contribution in [0.25, 0.3) is 11.1 Å². The lowest BCUT2D eigenvalue weighted by atomic mass is 9.93. The normalized spacial score (nSPS) is 15.5. The van der Waals surface area contributed by atoms with E-state index >= 15 is 0 Å². The second-order valence-electron chi connectivity index (χ2n) is 13.3. The fourth-order valence-electron chi connectivity index (χ4n) is 6.06. The van der Waals surface area contributed by atoms with Gasteiger partial charge in [0, 0.05) is 43.2 Å². The fourth-order valence-corrected chi connectivity index (χ4v) is 6.54. The maximum Gasteiger partial charge on any atom is 0.252 e. The van der Waals surface area contributed by atoms with Crippen LogP contribution in [0, 0.1) is 13.8 Å². The maximum absolute atomic E-state index is 14.0. The van der Waals surface area contributed by atoms with Crippen molar-refractivity contribution in [1.29, 1.82) is 0 Å². The van der Waals surface area contributed by atoms with E-state index in [4.69, 9.17) is 20.9 Å². The van der Waals surface area contributed by atoms with Crippen molar-refractivity contribution in [2.75, 3.05) is 59.2 Å². The molecule has 0 fully saturated rings. The van der Waals surface area contributed by atoms with Gasteiger partial charge in [-0.3, -0.25) is 33.5 Å². The molecule has 306 valence electrons. The molecule has 57 heavy (non-hydrogen) atoms. The predicted octanol–water partition coefficient (Wildman–Crippen LogP) is -1.08. The van der Waals surface area contributed by atoms with E-state index in [0.717, 1.165) is 22.3 Å². The van der Waals surface area contributed by atoms with Gasteiger partial charge in [0.2, 0.25) is 33.7 Å². The zero-order valence-corrected chi connectivity index (χ0v) is 32.9. The van der Waals surface area contributed by atoms with E-state index in [2.05, 4.69) is 21.3 Å². The molecule has 0 aromatic heterocycles. The lowest BCUT2D eigenvalue weighted by Gasteiger charge is -2.29. The molecule has 3 aromatic carbocycles. The monoisotopic (exact) mass is 808 g/mol. The molecule has 9 N–H and O–H groups in total. The summed E-state index contributed by atoms with van der Waals surface area (Å²) >= 11 is 0. The van der Waals surface area contributed by atoms with Gasteiger partial charge in [-0.15, -0.1) is 0 Å². The third-order valence-electron chi connectivity index (χ3n) is 8.70. The number of fused-ring (bicyclic) bond motifs is 5. The third-order valence-corrected chi connectivity index (χ3v) is 9.30. The van der Waals surface area contributed by atoms with Crippen molar-refractivity contribution >= 4 is 45.5 Å². The van der Waals surface area contributed by atoms with E-state index in [9.17, 15) is 37.2 Å². The molecule has 0 aliphatic carbocycles. The van der Waals surface area contributed by atoms with Crippen LogP contribution in [-0.2, 0) is 40.4 Å². The second-order valence-corrected chi connectivity index (χ2v) is 15.1. The highest BCUT2D eigenvalue weighted by Crippen LogP contribution is 2.40. The Kier molecular flexibility index (Phi) is 15.1. The molecular formula is C38H48N8O10S. The van der Waals surface area contributed by atoms with Crippen LogP contribution < -0.4 is 46.9 Å². The Hall–Kier alpha value is -6.05. The van der Waals surface area contributed by atoms with Crippen molar-refractivity contribution in [1.82, 2.24) is 30.9 Å². The van der Waals surface area contributed by atoms with Crippen LogP contribution in [0.1, 0.15) is 38.7 Å². The molecule has 2 atom stereocenters. The summed E-state index contributed by atoms with van der Waals surface area (Å²) in [6, 6.07) is 12.5. The number of benzene rings is 3. The van der Waals surface area contributed by atoms with Crippen molar-refractivity contribution in [3.05, 3.63) is 82.4 Å². The van der Waals surface area contributed by atoms with Crippen LogP contribution in [-0.4, -0.2) is 114 Å². The summed E-state index contributed by atoms with van der Waals surface area (Å²) in [5, 5.41) is 10.0. The smallest absolute Gasteiger partial charge is 0.252 e. The van der Waals surface area contributed by atoms with Gasteiger partial charge in [-0.2, -0.15) is 0 Å². The van der Waals surface area contributed by atoms with Crippen LogP contribution in [0.4, 0.5) is 0 Å². The van der Waals surface area contributed by atoms with Gasteiger partial charge in [-0.25, -0.2) is 8.42 Å². The zero-order chi connectivity index (χ0) is 41.9. The van der Waals surface area contributed by atoms with E-state index in [0.29, 0.717) is 39.3 Å². The number of amides is 6. The average Bonchev–Trinajstić information content (AvgIpc) is 3.15. The quantitative estimate of drug-likeness (QED) is 0.103. The Morgan fingerprint density at radius 1 is 0.877 bits per heavy atom. The summed E-state index contributed by atoms with van der Waals surface area (Å²) in [6.45, 7) is 2.46. The number of hydrogen-bond acceptors (Lipinski definition) is 12. The van der Waals surface area contributed by atoms with Crippen molar-refractivity contribution in [3.8, 4) is 22.6 Å². The molecule has 0 saturated carbocycles. The Morgan fingerprint density at radius 3 is 2.16 bits per heavy atom. The number of aryl methyl sites for hydroxylation is 2. The van der Waals surface area contributed by atoms with Gasteiger partial charge in [0.25, 0.3) is 11.8 Å². The molecule has 1 heterocycles. The number of ether oxygens (including phenoxy) is 2. The van der Waals surface area contributed by atoms with Crippen LogP contribution in [0.2, 0.25) is 0 Å². The summed E-state index contributed by atoms with van der Waals surface area (Å²) in [7, 11) is -2.52. The van der Waals surface area contributed by atoms with Gasteiger partial charge < -0.3 is 47.1 Å². The van der Waals surface area contributed by atoms with E-state index in [1.807, 2.05) is 13.0 Å². The number of carbonyl (C=O) groups is 6. The summed E-state index contributed by atoms with van der Waals surface area (Å²) < 4.78 is 36.7. The first kappa shape index (κ1) is 43.7. The summed E-state index contributed by atoms with van der Waals surface area (Å²) in [4.78, 5) is 80.7. The van der Waals surface area contributed by atoms with Crippen LogP contribution in [0.5, 0.6) is 11.5 Å². The number of likely N-dealkylation sites (N-methyl/N-ethyl adjacent to an activating group) is 1. The first-order valence-corrected chi connectivity index (χ1v) is 19.8. The highest BCUT2D eigenvalue weighted by molar-refractivity contribution is 7.89. The van der Waals surface area contributed by atoms with Crippen molar-refractivity contribution in [3.63, 3.8) is 0 Å². The van der Waals surface area contributed by atoms with Crippen molar-refractivity contribution in [2.24, 2.45) is 11.5 Å². The standard InChI is InChI=1S/C38H48N8O10S/c1-22-5-8-26(23(2)15-22)36(50)43-21-34(49)46(3)35-25-7-10-31(56-14-12-40)28(18-25)27-16-24(6-9-30(27)55-13-11-39)17-29(44-32(47)19-42-38(35)52)37(51)41-20-33(48)45-57(4,53)54/h5-10,15-16,18,29,35H,11-14,17,19-21,39-40H2,1-4H3,(H,41,51)(H,42,52)(H,43,50)(H,44,47)(H,45,48)/t29-,35-/m0/s1. The molecule has 0 spiro atoms. The molecule has 0 radical (unpaired) electrons. The average molecular weight is 809 g/mol. The maximum atomic E-state index is 14.0. The number of nitrogens with zero attached hydrogens (tertiary/aromatic N) is 1. The Morgan fingerprint density at radius 2 is 1.53 bits per heavy atom. The number of sulfonamides is 1. The molecule has 18 nitrogen and oxygen atoms in total. The summed E-state index contributed by atoms with van der Waals surface area (Å²) in [5.41, 5.74) is 15.3. The molecule has 6 amide bonds. The SMILES string of the molecule is Cc1ccc(C(=O)NCC(=O)N(C)[C@@H]2C(=O)NCC(=O)N[C@H](C(=O)NCC(=O)NS(C)(=O)=O)Cc3ccc(OCCN)c(c3)-c3cc2ccc3OCCN)c(C)c1. The summed E-state index contributed by atoms with van der Waals surface area (Å²) in [5.74, 6) is -3.80. The van der Waals surface area contributed by atoms with E-state index in [-0.39, 0.29) is 32.7 Å². The van der Waals surface area contributed by atoms with Gasteiger partial charge in [-0.1, -0.05) is 29.8 Å². The van der Waals surface area contributed by atoms with Crippen LogP contribution >= 0.6 is 0 Å². The first-order valence-electron chi connectivity index (χ1n) is 17.9. The molecular weight excluding hydrogens is 761 g/mol. The number of rotatable bonds is 14. The number of carbonyl (C=O) groups excluding carboxylic acids is 6. The lowest BCUT2D eigenvalue weighted by molar-refractivity contribution is -0.139. The molecule has 19 heteroatoms. The van der Waals surface area contributed by atoms with Gasteiger partial charge >= 0.3 is 0 Å². The summed E-state index contributed by atoms with van der Waals surface area (Å²) in [6.07, 6.45) is 0.665. The van der Waals surface area contributed by atoms with E-state index in [1.165, 1.54) is 7.05 Å². The topological polar surface area (TPSA) is 270 Å². The van der Waals surface area contributed by atoms with Crippen LogP contribution in [0.3, 0.4) is 0 Å². The largest absolute Gasteiger partial charge is 0.492 e. The zero-order valence-electron chi connectivity index (χ0n) is 32.1. The molecule has 4 rings (SSSR count). The Labute approximate surface area is 330 Å². The van der Waals surface area contributed by atoms with Gasteiger partial charge in [-0.05, 0) is 60.9 Å². The molecule has 0 saturated heterocycles. The van der Waals surface area contributed by atoms with Crippen molar-refractivity contribution in [2.45, 2.75) is 32.4 Å².